The minimum absolute atomic E-state index is 0.0508. The highest BCUT2D eigenvalue weighted by Crippen LogP contribution is 2.09. The lowest BCUT2D eigenvalue weighted by atomic mass is 9.98. The zero-order valence-electron chi connectivity index (χ0n) is 6.91. The molecular weight excluding hydrogens is 110 g/mol. The van der Waals surface area contributed by atoms with Gasteiger partial charge in [-0.05, 0) is 20.3 Å². The molecule has 0 saturated heterocycles. The molecule has 0 fully saturated rings. The molecule has 0 rings (SSSR count). The zero-order chi connectivity index (χ0) is 7.33. The normalized spacial score (nSPS) is 12.0. The Balaban J connectivity index is 3.07. The summed E-state index contributed by atoms with van der Waals surface area (Å²) in [5.41, 5.74) is 5.83. The van der Waals surface area contributed by atoms with Crippen LogP contribution in [0.4, 0.5) is 0 Å². The quantitative estimate of drug-likeness (QED) is 0.579. The van der Waals surface area contributed by atoms with E-state index >= 15 is 0 Å². The van der Waals surface area contributed by atoms with Gasteiger partial charge < -0.3 is 5.73 Å². The molecule has 0 aliphatic rings. The molecule has 2 N–H and O–H groups in total. The van der Waals surface area contributed by atoms with Crippen molar-refractivity contribution in [3.63, 3.8) is 0 Å². The summed E-state index contributed by atoms with van der Waals surface area (Å²) in [7, 11) is 0. The van der Waals surface area contributed by atoms with Crippen LogP contribution in [0.15, 0.2) is 0 Å². The third-order valence-electron chi connectivity index (χ3n) is 1.42. The van der Waals surface area contributed by atoms with Crippen LogP contribution >= 0.6 is 0 Å². The minimum Gasteiger partial charge on any atom is -0.326 e. The number of unbranched alkanes of at least 4 members (excludes halogenated alkanes) is 2. The first-order chi connectivity index (χ1) is 4.06. The Hall–Kier alpha value is -0.0400. The van der Waals surface area contributed by atoms with Gasteiger partial charge in [0.15, 0.2) is 0 Å². The summed E-state index contributed by atoms with van der Waals surface area (Å²) in [5, 5.41) is 0. The first kappa shape index (κ1) is 8.96. The van der Waals surface area contributed by atoms with Gasteiger partial charge in [-0.25, -0.2) is 0 Å². The second-order valence-electron chi connectivity index (χ2n) is 3.45. The maximum atomic E-state index is 5.78. The second-order valence-corrected chi connectivity index (χ2v) is 3.45. The van der Waals surface area contributed by atoms with Crippen molar-refractivity contribution in [2.24, 2.45) is 5.73 Å². The maximum Gasteiger partial charge on any atom is 0.00970 e. The highest BCUT2D eigenvalue weighted by molar-refractivity contribution is 4.70. The summed E-state index contributed by atoms with van der Waals surface area (Å²) in [4.78, 5) is 0. The summed E-state index contributed by atoms with van der Waals surface area (Å²) in [6.07, 6.45) is 5.04. The van der Waals surface area contributed by atoms with E-state index < -0.39 is 0 Å². The van der Waals surface area contributed by atoms with E-state index in [0.29, 0.717) is 0 Å². The van der Waals surface area contributed by atoms with Crippen LogP contribution in [0.2, 0.25) is 0 Å². The van der Waals surface area contributed by atoms with Crippen molar-refractivity contribution in [3.05, 3.63) is 0 Å². The summed E-state index contributed by atoms with van der Waals surface area (Å²) in [5.74, 6) is 0. The fraction of sp³-hybridized carbons (Fsp3) is 1.00. The molecule has 0 aromatic carbocycles. The third kappa shape index (κ3) is 7.96. The molecule has 0 radical (unpaired) electrons. The molecule has 1 nitrogen and oxygen atoms in total. The Morgan fingerprint density at radius 3 is 2.11 bits per heavy atom. The van der Waals surface area contributed by atoms with E-state index in [4.69, 9.17) is 5.73 Å². The van der Waals surface area contributed by atoms with Gasteiger partial charge in [-0.15, -0.1) is 0 Å². The van der Waals surface area contributed by atoms with Crippen LogP contribution in [-0.4, -0.2) is 5.54 Å². The number of nitrogens with two attached hydrogens (primary N) is 1. The molecule has 1 heteroatoms. The van der Waals surface area contributed by atoms with Gasteiger partial charge in [0.2, 0.25) is 0 Å². The van der Waals surface area contributed by atoms with E-state index in [9.17, 15) is 0 Å². The summed E-state index contributed by atoms with van der Waals surface area (Å²) in [6.45, 7) is 6.38. The third-order valence-corrected chi connectivity index (χ3v) is 1.42. The fourth-order valence-electron chi connectivity index (χ4n) is 0.831. The molecule has 0 spiro atoms. The van der Waals surface area contributed by atoms with E-state index in [1.807, 2.05) is 0 Å². The average molecular weight is 129 g/mol. The first-order valence-electron chi connectivity index (χ1n) is 3.85. The van der Waals surface area contributed by atoms with Gasteiger partial charge in [0.1, 0.15) is 0 Å². The van der Waals surface area contributed by atoms with E-state index in [0.717, 1.165) is 6.42 Å². The van der Waals surface area contributed by atoms with Crippen LogP contribution in [0.1, 0.15) is 46.5 Å². The Labute approximate surface area is 58.6 Å². The van der Waals surface area contributed by atoms with Crippen molar-refractivity contribution in [1.82, 2.24) is 0 Å². The van der Waals surface area contributed by atoms with Crippen molar-refractivity contribution in [1.29, 1.82) is 0 Å². The van der Waals surface area contributed by atoms with Crippen molar-refractivity contribution >= 4 is 0 Å². The highest BCUT2D eigenvalue weighted by Gasteiger charge is 2.08. The predicted molar refractivity (Wildman–Crippen MR) is 42.4 cm³/mol. The van der Waals surface area contributed by atoms with Gasteiger partial charge in [0, 0.05) is 5.54 Å². The number of hydrogen-bond donors (Lipinski definition) is 1. The van der Waals surface area contributed by atoms with Crippen molar-refractivity contribution < 1.29 is 0 Å². The molecule has 0 aliphatic carbocycles. The molecule has 0 bridgehead atoms. The second kappa shape index (κ2) is 3.89. The summed E-state index contributed by atoms with van der Waals surface area (Å²) in [6, 6.07) is 0. The van der Waals surface area contributed by atoms with Crippen molar-refractivity contribution in [2.45, 2.75) is 52.0 Å². The van der Waals surface area contributed by atoms with E-state index in [1.54, 1.807) is 0 Å². The van der Waals surface area contributed by atoms with Crippen LogP contribution < -0.4 is 5.73 Å². The highest BCUT2D eigenvalue weighted by atomic mass is 14.7. The standard InChI is InChI=1S/C8H19N/c1-4-5-6-7-8(2,3)9/h4-7,9H2,1-3H3. The first-order valence-corrected chi connectivity index (χ1v) is 3.85. The van der Waals surface area contributed by atoms with E-state index in [1.165, 1.54) is 19.3 Å². The van der Waals surface area contributed by atoms with E-state index in [2.05, 4.69) is 20.8 Å². The summed E-state index contributed by atoms with van der Waals surface area (Å²) < 4.78 is 0. The van der Waals surface area contributed by atoms with Gasteiger partial charge in [-0.2, -0.15) is 0 Å². The SMILES string of the molecule is CCCCCC(C)(C)N. The zero-order valence-corrected chi connectivity index (χ0v) is 6.91. The topological polar surface area (TPSA) is 26.0 Å². The molecular formula is C8H19N. The lowest BCUT2D eigenvalue weighted by Gasteiger charge is -2.17. The van der Waals surface area contributed by atoms with Gasteiger partial charge in [-0.1, -0.05) is 26.2 Å². The molecule has 0 heterocycles. The smallest absolute Gasteiger partial charge is 0.00970 e. The Kier molecular flexibility index (Phi) is 3.87. The molecule has 0 saturated carbocycles. The largest absolute Gasteiger partial charge is 0.326 e. The number of hydrogen-bond acceptors (Lipinski definition) is 1. The Bertz CT molecular complexity index is 61.5. The molecule has 0 amide bonds. The van der Waals surface area contributed by atoms with E-state index in [-0.39, 0.29) is 5.54 Å². The van der Waals surface area contributed by atoms with Crippen LogP contribution in [0.25, 0.3) is 0 Å². The fourth-order valence-corrected chi connectivity index (χ4v) is 0.831. The lowest BCUT2D eigenvalue weighted by Crippen LogP contribution is -2.31. The van der Waals surface area contributed by atoms with Gasteiger partial charge in [-0.3, -0.25) is 0 Å². The maximum absolute atomic E-state index is 5.78. The van der Waals surface area contributed by atoms with Crippen LogP contribution in [0.5, 0.6) is 0 Å². The molecule has 0 atom stereocenters. The van der Waals surface area contributed by atoms with Crippen LogP contribution in [-0.2, 0) is 0 Å². The molecule has 0 aromatic heterocycles. The van der Waals surface area contributed by atoms with Gasteiger partial charge in [0.05, 0.1) is 0 Å². The van der Waals surface area contributed by atoms with Gasteiger partial charge >= 0.3 is 0 Å². The number of rotatable bonds is 4. The molecule has 0 unspecified atom stereocenters. The summed E-state index contributed by atoms with van der Waals surface area (Å²) >= 11 is 0. The Morgan fingerprint density at radius 2 is 1.78 bits per heavy atom. The predicted octanol–water partition coefficient (Wildman–Crippen LogP) is 2.30. The monoisotopic (exact) mass is 129 g/mol. The molecule has 0 aromatic rings. The van der Waals surface area contributed by atoms with Crippen LogP contribution in [0, 0.1) is 0 Å². The lowest BCUT2D eigenvalue weighted by molar-refractivity contribution is 0.449. The van der Waals surface area contributed by atoms with Crippen LogP contribution in [0.3, 0.4) is 0 Å². The van der Waals surface area contributed by atoms with Crippen molar-refractivity contribution in [2.75, 3.05) is 0 Å². The Morgan fingerprint density at radius 1 is 1.22 bits per heavy atom. The average Bonchev–Trinajstić information content (AvgIpc) is 1.63. The molecule has 0 aliphatic heterocycles. The van der Waals surface area contributed by atoms with Gasteiger partial charge in [0.25, 0.3) is 0 Å². The molecule has 56 valence electrons. The minimum atomic E-state index is 0.0508. The molecule has 9 heavy (non-hydrogen) atoms. The van der Waals surface area contributed by atoms with Crippen molar-refractivity contribution in [3.8, 4) is 0 Å².